The number of nitrogens with one attached hydrogen (secondary N) is 1. The predicted molar refractivity (Wildman–Crippen MR) is 83.4 cm³/mol. The molecule has 3 N–H and O–H groups in total. The molecule has 1 fully saturated rings. The van der Waals surface area contributed by atoms with Crippen molar-refractivity contribution in [3.8, 4) is 0 Å². The van der Waals surface area contributed by atoms with Crippen LogP contribution in [0, 0.1) is 5.41 Å². The van der Waals surface area contributed by atoms with Gasteiger partial charge in [0, 0.05) is 7.05 Å². The van der Waals surface area contributed by atoms with E-state index in [0.717, 1.165) is 17.7 Å². The smallest absolute Gasteiger partial charge is 0.252 e. The van der Waals surface area contributed by atoms with Crippen molar-refractivity contribution in [1.82, 2.24) is 10.2 Å². The molecule has 3 amide bonds. The minimum Gasteiger partial charge on any atom is -0.392 e. The maximum atomic E-state index is 12.6. The molecule has 1 atom stereocenters. The average Bonchev–Trinajstić information content (AvgIpc) is 2.65. The number of likely N-dealkylation sites (N-methyl/N-ethyl adjacent to an activating group) is 1. The summed E-state index contributed by atoms with van der Waals surface area (Å²) in [7, 11) is 1.41. The summed E-state index contributed by atoms with van der Waals surface area (Å²) in [5.41, 5.74) is 4.88. The monoisotopic (exact) mass is 313 g/mol. The third kappa shape index (κ3) is 3.40. The van der Waals surface area contributed by atoms with Crippen LogP contribution in [-0.2, 0) is 14.4 Å². The SMILES string of the molecule is CCCC(CCC)(C(=O)NC1CC(=O)N(C)C1=O)C(N)=S. The van der Waals surface area contributed by atoms with Gasteiger partial charge in [0.15, 0.2) is 0 Å². The van der Waals surface area contributed by atoms with E-state index in [1.54, 1.807) is 0 Å². The number of rotatable bonds is 7. The third-order valence-electron chi connectivity index (χ3n) is 3.95. The number of nitrogens with two attached hydrogens (primary N) is 1. The highest BCUT2D eigenvalue weighted by Gasteiger charge is 2.44. The van der Waals surface area contributed by atoms with E-state index in [9.17, 15) is 14.4 Å². The first-order chi connectivity index (χ1) is 9.80. The van der Waals surface area contributed by atoms with E-state index in [0.29, 0.717) is 12.8 Å². The highest BCUT2D eigenvalue weighted by atomic mass is 32.1. The molecular weight excluding hydrogens is 290 g/mol. The van der Waals surface area contributed by atoms with Crippen molar-refractivity contribution < 1.29 is 14.4 Å². The van der Waals surface area contributed by atoms with Crippen molar-refractivity contribution in [2.24, 2.45) is 11.1 Å². The summed E-state index contributed by atoms with van der Waals surface area (Å²) in [6, 6.07) is -0.808. The molecule has 1 aliphatic heterocycles. The van der Waals surface area contributed by atoms with E-state index in [2.05, 4.69) is 5.32 Å². The second kappa shape index (κ2) is 6.98. The van der Waals surface area contributed by atoms with Gasteiger partial charge < -0.3 is 11.1 Å². The van der Waals surface area contributed by atoms with Gasteiger partial charge in [0.05, 0.1) is 16.8 Å². The minimum absolute atomic E-state index is 0.00721. The zero-order valence-corrected chi connectivity index (χ0v) is 13.6. The molecule has 0 saturated carbocycles. The van der Waals surface area contributed by atoms with Crippen LogP contribution in [0.3, 0.4) is 0 Å². The first-order valence-corrected chi connectivity index (χ1v) is 7.62. The molecule has 7 heteroatoms. The molecule has 0 aromatic heterocycles. The highest BCUT2D eigenvalue weighted by molar-refractivity contribution is 7.80. The molecule has 0 aliphatic carbocycles. The Morgan fingerprint density at radius 1 is 1.38 bits per heavy atom. The molecule has 1 aliphatic rings. The van der Waals surface area contributed by atoms with Gasteiger partial charge in [-0.05, 0) is 12.8 Å². The third-order valence-corrected chi connectivity index (χ3v) is 4.34. The molecule has 1 rings (SSSR count). The fourth-order valence-electron chi connectivity index (χ4n) is 2.73. The molecule has 0 bridgehead atoms. The summed E-state index contributed by atoms with van der Waals surface area (Å²) in [5.74, 6) is -1.03. The lowest BCUT2D eigenvalue weighted by atomic mass is 9.78. The van der Waals surface area contributed by atoms with E-state index in [4.69, 9.17) is 18.0 Å². The molecular formula is C14H23N3O3S. The number of hydrogen-bond donors (Lipinski definition) is 2. The molecule has 0 radical (unpaired) electrons. The van der Waals surface area contributed by atoms with Crippen LogP contribution in [0.5, 0.6) is 0 Å². The second-order valence-corrected chi connectivity index (χ2v) is 5.91. The number of nitrogens with zero attached hydrogens (tertiary/aromatic N) is 1. The highest BCUT2D eigenvalue weighted by Crippen LogP contribution is 2.31. The lowest BCUT2D eigenvalue weighted by molar-refractivity contribution is -0.139. The molecule has 6 nitrogen and oxygen atoms in total. The number of imide groups is 1. The normalized spacial score (nSPS) is 19.0. The first kappa shape index (κ1) is 17.6. The van der Waals surface area contributed by atoms with E-state index < -0.39 is 17.4 Å². The van der Waals surface area contributed by atoms with Crippen LogP contribution in [-0.4, -0.2) is 40.7 Å². The molecule has 118 valence electrons. The molecule has 21 heavy (non-hydrogen) atoms. The molecule has 0 aromatic carbocycles. The molecule has 0 aromatic rings. The minimum atomic E-state index is -0.941. The average molecular weight is 313 g/mol. The maximum Gasteiger partial charge on any atom is 0.252 e. The fraction of sp³-hybridized carbons (Fsp3) is 0.714. The van der Waals surface area contributed by atoms with Gasteiger partial charge in [-0.25, -0.2) is 0 Å². The number of hydrogen-bond acceptors (Lipinski definition) is 4. The number of thiocarbonyl (C=S) groups is 1. The van der Waals surface area contributed by atoms with Crippen LogP contribution in [0.15, 0.2) is 0 Å². The molecule has 0 spiro atoms. The van der Waals surface area contributed by atoms with Gasteiger partial charge in [0.25, 0.3) is 5.91 Å². The standard InChI is InChI=1S/C14H23N3O3S/c1-4-6-14(7-5-2,12(15)21)13(20)16-9-8-10(18)17(3)11(9)19/h9H,4-8H2,1-3H3,(H2,15,21)(H,16,20). The van der Waals surface area contributed by atoms with Crippen LogP contribution in [0.25, 0.3) is 0 Å². The lowest BCUT2D eigenvalue weighted by Crippen LogP contribution is -2.53. The van der Waals surface area contributed by atoms with Crippen molar-refractivity contribution in [1.29, 1.82) is 0 Å². The Labute approximate surface area is 130 Å². The molecule has 1 heterocycles. The Morgan fingerprint density at radius 2 is 1.90 bits per heavy atom. The summed E-state index contributed by atoms with van der Waals surface area (Å²) in [6.45, 7) is 3.90. The van der Waals surface area contributed by atoms with E-state index in [1.165, 1.54) is 7.05 Å². The second-order valence-electron chi connectivity index (χ2n) is 5.47. The quantitative estimate of drug-likeness (QED) is 0.534. The van der Waals surface area contributed by atoms with Crippen LogP contribution >= 0.6 is 12.2 Å². The van der Waals surface area contributed by atoms with Gasteiger partial charge in [0.1, 0.15) is 6.04 Å². The van der Waals surface area contributed by atoms with Gasteiger partial charge >= 0.3 is 0 Å². The van der Waals surface area contributed by atoms with E-state index in [1.807, 2.05) is 13.8 Å². The zero-order chi connectivity index (χ0) is 16.2. The van der Waals surface area contributed by atoms with Crippen molar-refractivity contribution in [2.75, 3.05) is 7.05 Å². The van der Waals surface area contributed by atoms with Gasteiger partial charge in [-0.15, -0.1) is 0 Å². The Balaban J connectivity index is 2.94. The lowest BCUT2D eigenvalue weighted by Gasteiger charge is -2.31. The van der Waals surface area contributed by atoms with Gasteiger partial charge in [-0.1, -0.05) is 38.9 Å². The summed E-state index contributed by atoms with van der Waals surface area (Å²) in [6.07, 6.45) is 2.57. The van der Waals surface area contributed by atoms with Crippen LogP contribution in [0.4, 0.5) is 0 Å². The van der Waals surface area contributed by atoms with Gasteiger partial charge in [-0.2, -0.15) is 0 Å². The Bertz CT molecular complexity index is 458. The molecule has 1 saturated heterocycles. The van der Waals surface area contributed by atoms with E-state index >= 15 is 0 Å². The van der Waals surface area contributed by atoms with Crippen molar-refractivity contribution in [2.45, 2.75) is 52.0 Å². The predicted octanol–water partition coefficient (Wildman–Crippen LogP) is 0.733. The summed E-state index contributed by atoms with van der Waals surface area (Å²) < 4.78 is 0. The fourth-order valence-corrected chi connectivity index (χ4v) is 3.03. The zero-order valence-electron chi connectivity index (χ0n) is 12.8. The van der Waals surface area contributed by atoms with Crippen LogP contribution in [0.2, 0.25) is 0 Å². The summed E-state index contributed by atoms with van der Waals surface area (Å²) in [5, 5.41) is 2.66. The summed E-state index contributed by atoms with van der Waals surface area (Å²) in [4.78, 5) is 37.2. The molecule has 1 unspecified atom stereocenters. The van der Waals surface area contributed by atoms with Crippen molar-refractivity contribution >= 4 is 34.9 Å². The van der Waals surface area contributed by atoms with Gasteiger partial charge in [-0.3, -0.25) is 19.3 Å². The number of carbonyl (C=O) groups is 3. The Kier molecular flexibility index (Phi) is 5.83. The van der Waals surface area contributed by atoms with E-state index in [-0.39, 0.29) is 23.2 Å². The Morgan fingerprint density at radius 3 is 2.24 bits per heavy atom. The number of likely N-dealkylation sites (tertiary alicyclic amines) is 1. The Hall–Kier alpha value is -1.50. The largest absolute Gasteiger partial charge is 0.392 e. The number of carbonyl (C=O) groups excluding carboxylic acids is 3. The van der Waals surface area contributed by atoms with Crippen molar-refractivity contribution in [3.05, 3.63) is 0 Å². The topological polar surface area (TPSA) is 92.5 Å². The number of amides is 3. The first-order valence-electron chi connectivity index (χ1n) is 7.21. The van der Waals surface area contributed by atoms with Crippen LogP contribution in [0.1, 0.15) is 46.0 Å². The maximum absolute atomic E-state index is 12.6. The van der Waals surface area contributed by atoms with Gasteiger partial charge in [0.2, 0.25) is 11.8 Å². The van der Waals surface area contributed by atoms with Crippen molar-refractivity contribution in [3.63, 3.8) is 0 Å². The summed E-state index contributed by atoms with van der Waals surface area (Å²) >= 11 is 5.11. The van der Waals surface area contributed by atoms with Crippen LogP contribution < -0.4 is 11.1 Å².